The lowest BCUT2D eigenvalue weighted by Gasteiger charge is -2.35. The number of carbonyl (C=O) groups is 2. The van der Waals surface area contributed by atoms with Crippen LogP contribution in [0.5, 0.6) is 0 Å². The lowest BCUT2D eigenvalue weighted by atomic mass is 10.1. The van der Waals surface area contributed by atoms with E-state index in [4.69, 9.17) is 0 Å². The summed E-state index contributed by atoms with van der Waals surface area (Å²) in [5.41, 5.74) is -0.180. The van der Waals surface area contributed by atoms with Gasteiger partial charge < -0.3 is 14.7 Å². The summed E-state index contributed by atoms with van der Waals surface area (Å²) in [7, 11) is 3.64. The molecule has 1 aromatic carbocycles. The van der Waals surface area contributed by atoms with Gasteiger partial charge >= 0.3 is 6.18 Å². The van der Waals surface area contributed by atoms with Crippen LogP contribution in [0, 0.1) is 0 Å². The molecule has 2 rings (SSSR count). The Morgan fingerprint density at radius 2 is 1.44 bits per heavy atom. The monoisotopic (exact) mass is 357 g/mol. The van der Waals surface area contributed by atoms with E-state index in [1.165, 1.54) is 12.1 Å². The molecule has 1 aliphatic rings. The van der Waals surface area contributed by atoms with Gasteiger partial charge in [0.1, 0.15) is 0 Å². The van der Waals surface area contributed by atoms with Gasteiger partial charge in [0.2, 0.25) is 11.8 Å². The Morgan fingerprint density at radius 3 is 1.88 bits per heavy atom. The van der Waals surface area contributed by atoms with E-state index in [1.807, 2.05) is 14.1 Å². The summed E-state index contributed by atoms with van der Waals surface area (Å²) in [5, 5.41) is 0. The molecule has 138 valence electrons. The molecule has 0 aliphatic carbocycles. The number of carbonyl (C=O) groups excluding carboxylic acids is 2. The SMILES string of the molecule is CN(C)CC(=O)N1CCN(C(=O)Cc2ccc(C(F)(F)F)cc2)CC1. The molecule has 0 radical (unpaired) electrons. The molecule has 0 bridgehead atoms. The third-order valence-corrected chi connectivity index (χ3v) is 4.07. The van der Waals surface area contributed by atoms with Gasteiger partial charge in [0, 0.05) is 26.2 Å². The van der Waals surface area contributed by atoms with Crippen molar-refractivity contribution in [2.75, 3.05) is 46.8 Å². The number of nitrogens with zero attached hydrogens (tertiary/aromatic N) is 3. The normalized spacial score (nSPS) is 15.6. The van der Waals surface area contributed by atoms with Crippen molar-refractivity contribution in [2.45, 2.75) is 12.6 Å². The third-order valence-electron chi connectivity index (χ3n) is 4.07. The van der Waals surface area contributed by atoms with Crippen LogP contribution in [0.4, 0.5) is 13.2 Å². The highest BCUT2D eigenvalue weighted by atomic mass is 19.4. The molecule has 25 heavy (non-hydrogen) atoms. The number of hydrogen-bond acceptors (Lipinski definition) is 3. The number of benzene rings is 1. The van der Waals surface area contributed by atoms with Crippen molar-refractivity contribution in [3.63, 3.8) is 0 Å². The molecule has 1 fully saturated rings. The molecule has 5 nitrogen and oxygen atoms in total. The number of hydrogen-bond donors (Lipinski definition) is 0. The maximum absolute atomic E-state index is 12.5. The van der Waals surface area contributed by atoms with E-state index in [1.54, 1.807) is 14.7 Å². The van der Waals surface area contributed by atoms with Crippen molar-refractivity contribution in [2.24, 2.45) is 0 Å². The molecule has 1 aliphatic heterocycles. The van der Waals surface area contributed by atoms with Crippen LogP contribution in [-0.2, 0) is 22.2 Å². The van der Waals surface area contributed by atoms with Gasteiger partial charge in [-0.15, -0.1) is 0 Å². The number of piperazine rings is 1. The summed E-state index contributed by atoms with van der Waals surface area (Å²) in [6.07, 6.45) is -4.32. The Balaban J connectivity index is 1.85. The van der Waals surface area contributed by atoms with Crippen LogP contribution in [0.15, 0.2) is 24.3 Å². The fourth-order valence-corrected chi connectivity index (χ4v) is 2.67. The summed E-state index contributed by atoms with van der Waals surface area (Å²) in [5.74, 6) is -0.112. The first-order valence-corrected chi connectivity index (χ1v) is 8.03. The summed E-state index contributed by atoms with van der Waals surface area (Å²) in [6, 6.07) is 4.64. The van der Waals surface area contributed by atoms with Crippen LogP contribution in [0.25, 0.3) is 0 Å². The molecule has 1 aromatic rings. The molecular weight excluding hydrogens is 335 g/mol. The van der Waals surface area contributed by atoms with Gasteiger partial charge in [-0.1, -0.05) is 12.1 Å². The minimum absolute atomic E-state index is 0.0276. The molecule has 0 atom stereocenters. The minimum Gasteiger partial charge on any atom is -0.339 e. The van der Waals surface area contributed by atoms with E-state index < -0.39 is 11.7 Å². The van der Waals surface area contributed by atoms with E-state index in [0.29, 0.717) is 38.3 Å². The van der Waals surface area contributed by atoms with Crippen LogP contribution in [0.1, 0.15) is 11.1 Å². The molecule has 0 aromatic heterocycles. The van der Waals surface area contributed by atoms with Gasteiger partial charge in [0.15, 0.2) is 0 Å². The molecular formula is C17H22F3N3O2. The van der Waals surface area contributed by atoms with E-state index in [2.05, 4.69) is 0 Å². The highest BCUT2D eigenvalue weighted by Gasteiger charge is 2.30. The van der Waals surface area contributed by atoms with Crippen molar-refractivity contribution in [3.8, 4) is 0 Å². The van der Waals surface area contributed by atoms with Crippen LogP contribution in [0.3, 0.4) is 0 Å². The highest BCUT2D eigenvalue weighted by Crippen LogP contribution is 2.29. The molecule has 1 heterocycles. The average Bonchev–Trinajstić information content (AvgIpc) is 2.54. The van der Waals surface area contributed by atoms with Crippen LogP contribution in [-0.4, -0.2) is 73.3 Å². The fourth-order valence-electron chi connectivity index (χ4n) is 2.67. The van der Waals surface area contributed by atoms with E-state index in [-0.39, 0.29) is 18.2 Å². The second-order valence-electron chi connectivity index (χ2n) is 6.37. The number of halogens is 3. The Bertz CT molecular complexity index is 607. The molecule has 8 heteroatoms. The molecule has 0 saturated carbocycles. The van der Waals surface area contributed by atoms with Gasteiger partial charge in [-0.3, -0.25) is 9.59 Å². The van der Waals surface area contributed by atoms with Gasteiger partial charge in [-0.25, -0.2) is 0 Å². The molecule has 2 amide bonds. The topological polar surface area (TPSA) is 43.9 Å². The summed E-state index contributed by atoms with van der Waals surface area (Å²) in [4.78, 5) is 29.4. The predicted molar refractivity (Wildman–Crippen MR) is 86.9 cm³/mol. The Kier molecular flexibility index (Phi) is 6.05. The summed E-state index contributed by atoms with van der Waals surface area (Å²) in [6.45, 7) is 2.17. The van der Waals surface area contributed by atoms with Crippen LogP contribution in [0.2, 0.25) is 0 Å². The first kappa shape index (κ1) is 19.2. The van der Waals surface area contributed by atoms with Crippen molar-refractivity contribution in [1.29, 1.82) is 0 Å². The molecule has 1 saturated heterocycles. The molecule has 0 spiro atoms. The summed E-state index contributed by atoms with van der Waals surface area (Å²) >= 11 is 0. The highest BCUT2D eigenvalue weighted by molar-refractivity contribution is 5.80. The fraction of sp³-hybridized carbons (Fsp3) is 0.529. The number of likely N-dealkylation sites (N-methyl/N-ethyl adjacent to an activating group) is 1. The van der Waals surface area contributed by atoms with Gasteiger partial charge in [-0.2, -0.15) is 13.2 Å². The third kappa shape index (κ3) is 5.45. The van der Waals surface area contributed by atoms with Crippen molar-refractivity contribution in [1.82, 2.24) is 14.7 Å². The summed E-state index contributed by atoms with van der Waals surface area (Å²) < 4.78 is 37.6. The largest absolute Gasteiger partial charge is 0.416 e. The van der Waals surface area contributed by atoms with Crippen molar-refractivity contribution >= 4 is 11.8 Å². The van der Waals surface area contributed by atoms with Crippen molar-refractivity contribution < 1.29 is 22.8 Å². The zero-order chi connectivity index (χ0) is 18.6. The number of rotatable bonds is 4. The smallest absolute Gasteiger partial charge is 0.339 e. The maximum Gasteiger partial charge on any atom is 0.416 e. The second-order valence-corrected chi connectivity index (χ2v) is 6.37. The predicted octanol–water partition coefficient (Wildman–Crippen LogP) is 1.48. The minimum atomic E-state index is -4.38. The van der Waals surface area contributed by atoms with Gasteiger partial charge in [0.25, 0.3) is 0 Å². The van der Waals surface area contributed by atoms with Gasteiger partial charge in [-0.05, 0) is 31.8 Å². The van der Waals surface area contributed by atoms with Crippen molar-refractivity contribution in [3.05, 3.63) is 35.4 Å². The zero-order valence-corrected chi connectivity index (χ0v) is 14.3. The van der Waals surface area contributed by atoms with Crippen LogP contribution >= 0.6 is 0 Å². The first-order chi connectivity index (χ1) is 11.7. The van der Waals surface area contributed by atoms with E-state index in [9.17, 15) is 22.8 Å². The molecule has 0 unspecified atom stereocenters. The van der Waals surface area contributed by atoms with Crippen LogP contribution < -0.4 is 0 Å². The zero-order valence-electron chi connectivity index (χ0n) is 14.3. The second kappa shape index (κ2) is 7.86. The van der Waals surface area contributed by atoms with E-state index >= 15 is 0 Å². The number of amides is 2. The Morgan fingerprint density at radius 1 is 0.960 bits per heavy atom. The Labute approximate surface area is 145 Å². The number of alkyl halides is 3. The molecule has 0 N–H and O–H groups in total. The lowest BCUT2D eigenvalue weighted by molar-refractivity contribution is -0.139. The first-order valence-electron chi connectivity index (χ1n) is 8.03. The lowest BCUT2D eigenvalue weighted by Crippen LogP contribution is -2.52. The van der Waals surface area contributed by atoms with Gasteiger partial charge in [0.05, 0.1) is 18.5 Å². The maximum atomic E-state index is 12.5. The quantitative estimate of drug-likeness (QED) is 0.820. The standard InChI is InChI=1S/C17H22F3N3O2/c1-21(2)12-16(25)23-9-7-22(8-10-23)15(24)11-13-3-5-14(6-4-13)17(18,19)20/h3-6H,7-12H2,1-2H3. The Hall–Kier alpha value is -2.09. The average molecular weight is 357 g/mol. The van der Waals surface area contributed by atoms with E-state index in [0.717, 1.165) is 12.1 Å².